The van der Waals surface area contributed by atoms with Gasteiger partial charge in [0.05, 0.1) is 5.75 Å². The Balaban J connectivity index is 2.97. The second-order valence-electron chi connectivity index (χ2n) is 1.59. The van der Waals surface area contributed by atoms with Gasteiger partial charge in [-0.25, -0.2) is 0 Å². The molecule has 0 atom stereocenters. The van der Waals surface area contributed by atoms with Gasteiger partial charge in [-0.3, -0.25) is 4.79 Å². The first kappa shape index (κ1) is 9.17. The highest BCUT2D eigenvalue weighted by Crippen LogP contribution is 1.80. The van der Waals surface area contributed by atoms with Crippen molar-refractivity contribution in [2.24, 2.45) is 0 Å². The first-order chi connectivity index (χ1) is 4.31. The van der Waals surface area contributed by atoms with E-state index in [1.807, 2.05) is 0 Å². The fraction of sp³-hybridized carbons (Fsp3) is 0.800. The van der Waals surface area contributed by atoms with E-state index in [1.54, 1.807) is 0 Å². The van der Waals surface area contributed by atoms with Crippen molar-refractivity contribution in [3.05, 3.63) is 0 Å². The molecule has 0 heterocycles. The number of nitrogens with one attached hydrogen (secondary N) is 1. The zero-order valence-electron chi connectivity index (χ0n) is 5.13. The molecule has 0 spiro atoms. The molecule has 4 heteroatoms. The van der Waals surface area contributed by atoms with Gasteiger partial charge in [0.25, 0.3) is 0 Å². The zero-order valence-corrected chi connectivity index (χ0v) is 6.92. The summed E-state index contributed by atoms with van der Waals surface area (Å²) in [5, 5.41) is 2.67. The van der Waals surface area contributed by atoms with Crippen molar-refractivity contribution in [3.63, 3.8) is 0 Å². The lowest BCUT2D eigenvalue weighted by atomic mass is 10.5. The van der Waals surface area contributed by atoms with Crippen molar-refractivity contribution in [1.82, 2.24) is 5.32 Å². The predicted molar refractivity (Wildman–Crippen MR) is 45.3 cm³/mol. The largest absolute Gasteiger partial charge is 0.355 e. The van der Waals surface area contributed by atoms with Crippen LogP contribution < -0.4 is 5.32 Å². The minimum atomic E-state index is -0.0138. The van der Waals surface area contributed by atoms with Crippen LogP contribution in [-0.4, -0.2) is 24.0 Å². The molecule has 0 aromatic carbocycles. The lowest BCUT2D eigenvalue weighted by molar-refractivity contribution is -0.118. The first-order valence-electron chi connectivity index (χ1n) is 2.79. The molecule has 0 radical (unpaired) electrons. The SMILES string of the molecule is O=C(CS)NCCCS. The van der Waals surface area contributed by atoms with E-state index in [0.29, 0.717) is 6.54 Å². The molecule has 0 aliphatic rings. The van der Waals surface area contributed by atoms with E-state index >= 15 is 0 Å². The van der Waals surface area contributed by atoms with Crippen LogP contribution in [0.15, 0.2) is 0 Å². The van der Waals surface area contributed by atoms with Gasteiger partial charge in [0.2, 0.25) is 5.91 Å². The summed E-state index contributed by atoms with van der Waals surface area (Å²) in [5.41, 5.74) is 0. The summed E-state index contributed by atoms with van der Waals surface area (Å²) >= 11 is 7.77. The number of carbonyl (C=O) groups is 1. The molecule has 0 rings (SSSR count). The molecule has 0 saturated heterocycles. The Morgan fingerprint density at radius 1 is 1.44 bits per heavy atom. The first-order valence-corrected chi connectivity index (χ1v) is 4.06. The monoisotopic (exact) mass is 165 g/mol. The van der Waals surface area contributed by atoms with E-state index in [9.17, 15) is 4.79 Å². The Morgan fingerprint density at radius 2 is 2.11 bits per heavy atom. The van der Waals surface area contributed by atoms with E-state index in [0.717, 1.165) is 12.2 Å². The molecule has 0 aromatic rings. The van der Waals surface area contributed by atoms with Crippen LogP contribution in [0.5, 0.6) is 0 Å². The molecule has 1 N–H and O–H groups in total. The van der Waals surface area contributed by atoms with Gasteiger partial charge in [0.15, 0.2) is 0 Å². The van der Waals surface area contributed by atoms with E-state index in [2.05, 4.69) is 30.6 Å². The lowest BCUT2D eigenvalue weighted by Crippen LogP contribution is -2.25. The molecule has 54 valence electrons. The highest BCUT2D eigenvalue weighted by molar-refractivity contribution is 7.81. The number of thiol groups is 2. The molecule has 0 saturated carbocycles. The third-order valence-electron chi connectivity index (χ3n) is 0.801. The van der Waals surface area contributed by atoms with Crippen LogP contribution in [-0.2, 0) is 4.79 Å². The van der Waals surface area contributed by atoms with Crippen molar-refractivity contribution in [3.8, 4) is 0 Å². The third-order valence-corrected chi connectivity index (χ3v) is 1.40. The summed E-state index contributed by atoms with van der Waals surface area (Å²) in [6, 6.07) is 0. The molecule has 0 aliphatic heterocycles. The fourth-order valence-electron chi connectivity index (χ4n) is 0.363. The molecule has 0 fully saturated rings. The van der Waals surface area contributed by atoms with E-state index in [1.165, 1.54) is 0 Å². The van der Waals surface area contributed by atoms with Crippen molar-refractivity contribution >= 4 is 31.2 Å². The molecule has 0 aromatic heterocycles. The maximum absolute atomic E-state index is 10.5. The van der Waals surface area contributed by atoms with Crippen molar-refractivity contribution in [1.29, 1.82) is 0 Å². The summed E-state index contributed by atoms with van der Waals surface area (Å²) in [6.07, 6.45) is 0.919. The van der Waals surface area contributed by atoms with Crippen LogP contribution in [0.25, 0.3) is 0 Å². The van der Waals surface area contributed by atoms with Crippen molar-refractivity contribution < 1.29 is 4.79 Å². The van der Waals surface area contributed by atoms with Gasteiger partial charge in [0, 0.05) is 6.54 Å². The number of carbonyl (C=O) groups excluding carboxylic acids is 1. The van der Waals surface area contributed by atoms with Crippen LogP contribution in [0, 0.1) is 0 Å². The predicted octanol–water partition coefficient (Wildman–Crippen LogP) is 0.352. The van der Waals surface area contributed by atoms with Crippen LogP contribution >= 0.6 is 25.3 Å². The Hall–Kier alpha value is 0.170. The van der Waals surface area contributed by atoms with Crippen LogP contribution in [0.1, 0.15) is 6.42 Å². The average molecular weight is 165 g/mol. The van der Waals surface area contributed by atoms with Crippen LogP contribution in [0.4, 0.5) is 0 Å². The van der Waals surface area contributed by atoms with E-state index in [-0.39, 0.29) is 11.7 Å². The number of hydrogen-bond donors (Lipinski definition) is 3. The van der Waals surface area contributed by atoms with Gasteiger partial charge in [0.1, 0.15) is 0 Å². The fourth-order valence-corrected chi connectivity index (χ4v) is 0.633. The highest BCUT2D eigenvalue weighted by Gasteiger charge is 1.92. The summed E-state index contributed by atoms with van der Waals surface area (Å²) in [5.74, 6) is 1.07. The minimum absolute atomic E-state index is 0.0138. The number of amides is 1. The molecular weight excluding hydrogens is 154 g/mol. The van der Waals surface area contributed by atoms with Gasteiger partial charge in [-0.15, -0.1) is 0 Å². The quantitative estimate of drug-likeness (QED) is 0.407. The number of rotatable bonds is 4. The van der Waals surface area contributed by atoms with Gasteiger partial charge in [-0.05, 0) is 12.2 Å². The maximum Gasteiger partial charge on any atom is 0.229 e. The summed E-state index contributed by atoms with van der Waals surface area (Å²) in [4.78, 5) is 10.5. The van der Waals surface area contributed by atoms with Crippen molar-refractivity contribution in [2.45, 2.75) is 6.42 Å². The smallest absolute Gasteiger partial charge is 0.229 e. The molecule has 0 unspecified atom stereocenters. The average Bonchev–Trinajstić information content (AvgIpc) is 1.89. The zero-order chi connectivity index (χ0) is 7.11. The molecule has 2 nitrogen and oxygen atoms in total. The van der Waals surface area contributed by atoms with Crippen LogP contribution in [0.2, 0.25) is 0 Å². The van der Waals surface area contributed by atoms with Gasteiger partial charge < -0.3 is 5.32 Å². The summed E-state index contributed by atoms with van der Waals surface area (Å²) in [6.45, 7) is 0.711. The lowest BCUT2D eigenvalue weighted by Gasteiger charge is -1.98. The second-order valence-corrected chi connectivity index (χ2v) is 2.35. The molecule has 0 aliphatic carbocycles. The Labute approximate surface area is 66.2 Å². The van der Waals surface area contributed by atoms with Crippen LogP contribution in [0.3, 0.4) is 0 Å². The Morgan fingerprint density at radius 3 is 2.56 bits per heavy atom. The van der Waals surface area contributed by atoms with E-state index in [4.69, 9.17) is 0 Å². The molecule has 0 bridgehead atoms. The Bertz CT molecular complexity index is 87.0. The molecule has 1 amide bonds. The van der Waals surface area contributed by atoms with Gasteiger partial charge >= 0.3 is 0 Å². The molecular formula is C5H11NOS2. The van der Waals surface area contributed by atoms with E-state index < -0.39 is 0 Å². The summed E-state index contributed by atoms with van der Waals surface area (Å²) < 4.78 is 0. The van der Waals surface area contributed by atoms with Gasteiger partial charge in [-0.2, -0.15) is 25.3 Å². The second kappa shape index (κ2) is 6.29. The number of hydrogen-bond acceptors (Lipinski definition) is 3. The van der Waals surface area contributed by atoms with Gasteiger partial charge in [-0.1, -0.05) is 0 Å². The Kier molecular flexibility index (Phi) is 6.41. The summed E-state index contributed by atoms with van der Waals surface area (Å²) in [7, 11) is 0. The third kappa shape index (κ3) is 6.05. The minimum Gasteiger partial charge on any atom is -0.355 e. The normalized spacial score (nSPS) is 9.11. The molecule has 9 heavy (non-hydrogen) atoms. The highest BCUT2D eigenvalue weighted by atomic mass is 32.1. The topological polar surface area (TPSA) is 29.1 Å². The standard InChI is InChI=1S/C5H11NOS2/c7-5(4-9)6-2-1-3-8/h8-9H,1-4H2,(H,6,7). The maximum atomic E-state index is 10.5. The van der Waals surface area contributed by atoms with Crippen molar-refractivity contribution in [2.75, 3.05) is 18.1 Å².